The van der Waals surface area contributed by atoms with Gasteiger partial charge in [0.2, 0.25) is 11.5 Å². The van der Waals surface area contributed by atoms with Crippen molar-refractivity contribution in [2.45, 2.75) is 32.6 Å². The minimum atomic E-state index is 0.713. The fourth-order valence-corrected chi connectivity index (χ4v) is 4.15. The molecule has 0 bridgehead atoms. The maximum Gasteiger partial charge on any atom is 0.250 e. The van der Waals surface area contributed by atoms with E-state index in [1.165, 1.54) is 38.8 Å². The van der Waals surface area contributed by atoms with Crippen molar-refractivity contribution in [3.05, 3.63) is 41.5 Å². The number of rotatable bonds is 4. The fraction of sp³-hybridized carbons (Fsp3) is 0.429. The van der Waals surface area contributed by atoms with Crippen molar-refractivity contribution in [1.82, 2.24) is 4.98 Å². The van der Waals surface area contributed by atoms with E-state index in [9.17, 15) is 5.26 Å². The molecule has 5 heteroatoms. The number of imidazole rings is 1. The zero-order valence-corrected chi connectivity index (χ0v) is 15.4. The highest BCUT2D eigenvalue weighted by molar-refractivity contribution is 5.77. The molecule has 1 aromatic carbocycles. The second kappa shape index (κ2) is 7.35. The van der Waals surface area contributed by atoms with Gasteiger partial charge in [0.1, 0.15) is 35.8 Å². The number of para-hydroxylation sites is 2. The van der Waals surface area contributed by atoms with Gasteiger partial charge in [-0.1, -0.05) is 12.1 Å². The maximum absolute atomic E-state index is 9.60. The highest BCUT2D eigenvalue weighted by atomic mass is 15.2. The molecule has 0 unspecified atom stereocenters. The Kier molecular flexibility index (Phi) is 4.77. The first-order chi connectivity index (χ1) is 12.8. The smallest absolute Gasteiger partial charge is 0.250 e. The van der Waals surface area contributed by atoms with E-state index in [0.29, 0.717) is 5.56 Å². The van der Waals surface area contributed by atoms with E-state index < -0.39 is 0 Å². The molecule has 4 rings (SSSR count). The number of fused-ring (bicyclic) bond motifs is 3. The van der Waals surface area contributed by atoms with Crippen LogP contribution in [0.5, 0.6) is 0 Å². The number of likely N-dealkylation sites (tertiary alicyclic amines) is 1. The molecule has 0 spiro atoms. The molecule has 0 aliphatic carbocycles. The molecule has 3 aromatic rings. The normalized spacial score (nSPS) is 15.8. The Morgan fingerprint density at radius 3 is 2.73 bits per heavy atom. The summed E-state index contributed by atoms with van der Waals surface area (Å²) >= 11 is 0. The number of nitriles is 1. The van der Waals surface area contributed by atoms with Crippen LogP contribution in [0.1, 0.15) is 36.8 Å². The zero-order valence-electron chi connectivity index (χ0n) is 15.4. The number of aryl methyl sites for hydroxylation is 1. The van der Waals surface area contributed by atoms with Crippen LogP contribution in [0.3, 0.4) is 0 Å². The number of benzene rings is 1. The zero-order chi connectivity index (χ0) is 17.9. The van der Waals surface area contributed by atoms with Crippen molar-refractivity contribution in [3.8, 4) is 6.07 Å². The minimum Gasteiger partial charge on any atom is -0.332 e. The van der Waals surface area contributed by atoms with E-state index in [4.69, 9.17) is 0 Å². The molecular formula is C21H27N5+2. The van der Waals surface area contributed by atoms with Crippen LogP contribution in [0.15, 0.2) is 30.3 Å². The summed E-state index contributed by atoms with van der Waals surface area (Å²) in [5, 5.41) is 13.2. The molecule has 1 fully saturated rings. The number of quaternary nitrogens is 1. The van der Waals surface area contributed by atoms with Gasteiger partial charge in [-0.05, 0) is 50.3 Å². The lowest BCUT2D eigenvalue weighted by Crippen LogP contribution is -3.12. The summed E-state index contributed by atoms with van der Waals surface area (Å²) in [4.78, 5) is 5.13. The Labute approximate surface area is 154 Å². The number of aromatic nitrogens is 2. The predicted molar refractivity (Wildman–Crippen MR) is 103 cm³/mol. The molecule has 1 aliphatic rings. The second-order valence-corrected chi connectivity index (χ2v) is 7.37. The number of hydrogen-bond acceptors (Lipinski definition) is 2. The number of nitrogens with zero attached hydrogens (tertiary/aromatic N) is 2. The van der Waals surface area contributed by atoms with E-state index >= 15 is 0 Å². The first-order valence-electron chi connectivity index (χ1n) is 9.71. The van der Waals surface area contributed by atoms with Gasteiger partial charge >= 0.3 is 0 Å². The molecule has 3 heterocycles. The molecule has 0 atom stereocenters. The van der Waals surface area contributed by atoms with Crippen LogP contribution in [-0.2, 0) is 0 Å². The Morgan fingerprint density at radius 2 is 1.96 bits per heavy atom. The summed E-state index contributed by atoms with van der Waals surface area (Å²) in [5.74, 6) is 1.06. The maximum atomic E-state index is 9.60. The molecule has 0 amide bonds. The van der Waals surface area contributed by atoms with E-state index in [2.05, 4.69) is 39.0 Å². The third kappa shape index (κ3) is 3.13. The third-order valence-corrected chi connectivity index (χ3v) is 5.55. The van der Waals surface area contributed by atoms with Crippen LogP contribution in [0, 0.1) is 18.3 Å². The average Bonchev–Trinajstić information content (AvgIpc) is 2.83. The van der Waals surface area contributed by atoms with E-state index in [1.54, 1.807) is 4.90 Å². The lowest BCUT2D eigenvalue weighted by Gasteiger charge is -2.16. The van der Waals surface area contributed by atoms with Gasteiger partial charge in [0.25, 0.3) is 0 Å². The largest absolute Gasteiger partial charge is 0.332 e. The standard InChI is InChI=1S/C21H25N5/c1-16-14-20(23-10-13-25-11-6-2-3-7-12-25)26-19-9-5-4-8-18(19)24-21(26)17(16)15-22/h4-5,8-9,14H,2-3,6-7,10-13H2,1H3,(H,23,24)/p+2. The monoisotopic (exact) mass is 349 g/mol. The first kappa shape index (κ1) is 16.9. The number of hydrogen-bond donors (Lipinski definition) is 3. The Bertz CT molecular complexity index is 958. The Balaban J connectivity index is 1.65. The van der Waals surface area contributed by atoms with Gasteiger partial charge in [0.15, 0.2) is 0 Å². The van der Waals surface area contributed by atoms with Crippen LogP contribution >= 0.6 is 0 Å². The topological polar surface area (TPSA) is 60.1 Å². The summed E-state index contributed by atoms with van der Waals surface area (Å²) in [6.45, 7) is 6.69. The number of nitrogens with one attached hydrogen (secondary N) is 3. The minimum absolute atomic E-state index is 0.713. The Morgan fingerprint density at radius 1 is 1.19 bits per heavy atom. The molecule has 2 aromatic heterocycles. The molecule has 5 nitrogen and oxygen atoms in total. The van der Waals surface area contributed by atoms with Crippen molar-refractivity contribution in [2.75, 3.05) is 31.5 Å². The quantitative estimate of drug-likeness (QED) is 0.631. The van der Waals surface area contributed by atoms with Gasteiger partial charge in [-0.2, -0.15) is 9.66 Å². The third-order valence-electron chi connectivity index (χ3n) is 5.55. The average molecular weight is 349 g/mol. The molecule has 0 radical (unpaired) electrons. The van der Waals surface area contributed by atoms with Gasteiger partial charge in [0.05, 0.1) is 13.1 Å². The summed E-state index contributed by atoms with van der Waals surface area (Å²) in [7, 11) is 0. The van der Waals surface area contributed by atoms with Gasteiger partial charge in [-0.3, -0.25) is 10.3 Å². The molecular weight excluding hydrogens is 322 g/mol. The van der Waals surface area contributed by atoms with Crippen molar-refractivity contribution >= 4 is 22.5 Å². The van der Waals surface area contributed by atoms with Crippen LogP contribution < -0.4 is 14.6 Å². The lowest BCUT2D eigenvalue weighted by molar-refractivity contribution is -0.897. The van der Waals surface area contributed by atoms with Crippen LogP contribution in [0.25, 0.3) is 16.7 Å². The number of anilines is 1. The molecule has 1 aliphatic heterocycles. The van der Waals surface area contributed by atoms with E-state index in [0.717, 1.165) is 41.2 Å². The van der Waals surface area contributed by atoms with E-state index in [-0.39, 0.29) is 0 Å². The van der Waals surface area contributed by atoms with E-state index in [1.807, 2.05) is 19.1 Å². The molecule has 134 valence electrons. The van der Waals surface area contributed by atoms with Gasteiger partial charge in [-0.15, -0.1) is 0 Å². The summed E-state index contributed by atoms with van der Waals surface area (Å²) in [6, 6.07) is 12.7. The number of H-pyrrole nitrogens is 1. The van der Waals surface area contributed by atoms with Crippen LogP contribution in [0.2, 0.25) is 0 Å². The van der Waals surface area contributed by atoms with Crippen molar-refractivity contribution in [3.63, 3.8) is 0 Å². The lowest BCUT2D eigenvalue weighted by atomic mass is 10.1. The Hall–Kier alpha value is -2.58. The molecule has 26 heavy (non-hydrogen) atoms. The molecule has 0 saturated carbocycles. The van der Waals surface area contributed by atoms with Crippen LogP contribution in [-0.4, -0.2) is 31.2 Å². The van der Waals surface area contributed by atoms with Crippen molar-refractivity contribution in [2.24, 2.45) is 0 Å². The highest BCUT2D eigenvalue weighted by Gasteiger charge is 2.20. The summed E-state index contributed by atoms with van der Waals surface area (Å²) in [5.41, 5.74) is 4.74. The number of aromatic amines is 1. The predicted octanol–water partition coefficient (Wildman–Crippen LogP) is 1.96. The summed E-state index contributed by atoms with van der Waals surface area (Å²) < 4.78 is 2.15. The highest BCUT2D eigenvalue weighted by Crippen LogP contribution is 2.19. The first-order valence-corrected chi connectivity index (χ1v) is 9.71. The van der Waals surface area contributed by atoms with Crippen molar-refractivity contribution in [1.29, 1.82) is 5.26 Å². The number of pyridine rings is 1. The molecule has 1 saturated heterocycles. The SMILES string of the molecule is Cc1cc(NCC[NH+]2CCCCCC2)[n+]2c([nH]c3ccccc32)c1C#N. The summed E-state index contributed by atoms with van der Waals surface area (Å²) in [6.07, 6.45) is 5.48. The van der Waals surface area contributed by atoms with Crippen LogP contribution in [0.4, 0.5) is 5.82 Å². The van der Waals surface area contributed by atoms with Gasteiger partial charge in [-0.25, -0.2) is 0 Å². The molecule has 3 N–H and O–H groups in total. The second-order valence-electron chi connectivity index (χ2n) is 7.37. The van der Waals surface area contributed by atoms with Crippen molar-refractivity contribution < 1.29 is 9.30 Å². The van der Waals surface area contributed by atoms with Gasteiger partial charge in [0, 0.05) is 6.07 Å². The van der Waals surface area contributed by atoms with Gasteiger partial charge < -0.3 is 4.90 Å². The fourth-order valence-electron chi connectivity index (χ4n) is 4.15.